The van der Waals surface area contributed by atoms with Gasteiger partial charge in [-0.25, -0.2) is 0 Å². The Morgan fingerprint density at radius 3 is 3.06 bits per heavy atom. The molecule has 6 nitrogen and oxygen atoms in total. The minimum absolute atomic E-state index is 0.282. The van der Waals surface area contributed by atoms with Crippen molar-refractivity contribution in [3.05, 3.63) is 18.0 Å². The summed E-state index contributed by atoms with van der Waals surface area (Å²) >= 11 is 0. The van der Waals surface area contributed by atoms with Crippen molar-refractivity contribution in [2.24, 2.45) is 10.9 Å². The smallest absolute Gasteiger partial charge is 0.139 e. The zero-order valence-electron chi connectivity index (χ0n) is 9.56. The number of aromatic nitrogens is 2. The Hall–Kier alpha value is -1.56. The molecular weight excluding hydrogens is 206 g/mol. The maximum absolute atomic E-state index is 8.32. The highest BCUT2D eigenvalue weighted by Gasteiger charge is 1.95. The SMILES string of the molecule is Cc1cnn(CCNCCCC(N)=NO)c1. The van der Waals surface area contributed by atoms with Crippen molar-refractivity contribution < 1.29 is 5.21 Å². The molecule has 1 aromatic rings. The van der Waals surface area contributed by atoms with E-state index in [4.69, 9.17) is 10.9 Å². The molecule has 0 radical (unpaired) electrons. The fourth-order valence-electron chi connectivity index (χ4n) is 1.35. The van der Waals surface area contributed by atoms with Crippen LogP contribution in [0.3, 0.4) is 0 Å². The van der Waals surface area contributed by atoms with Crippen LogP contribution in [0.25, 0.3) is 0 Å². The number of oxime groups is 1. The monoisotopic (exact) mass is 225 g/mol. The highest BCUT2D eigenvalue weighted by Crippen LogP contribution is 1.93. The van der Waals surface area contributed by atoms with Crippen LogP contribution in [0.15, 0.2) is 17.5 Å². The first-order valence-corrected chi connectivity index (χ1v) is 5.38. The summed E-state index contributed by atoms with van der Waals surface area (Å²) in [5.41, 5.74) is 6.51. The van der Waals surface area contributed by atoms with Gasteiger partial charge in [0, 0.05) is 19.2 Å². The lowest BCUT2D eigenvalue weighted by Crippen LogP contribution is -2.22. The molecule has 16 heavy (non-hydrogen) atoms. The molecule has 0 atom stereocenters. The van der Waals surface area contributed by atoms with Gasteiger partial charge in [0.25, 0.3) is 0 Å². The molecule has 6 heteroatoms. The molecule has 0 aliphatic carbocycles. The summed E-state index contributed by atoms with van der Waals surface area (Å²) < 4.78 is 1.91. The van der Waals surface area contributed by atoms with Gasteiger partial charge in [-0.1, -0.05) is 5.16 Å². The van der Waals surface area contributed by atoms with Crippen LogP contribution in [0.5, 0.6) is 0 Å². The molecule has 1 heterocycles. The number of hydrogen-bond acceptors (Lipinski definition) is 4. The lowest BCUT2D eigenvalue weighted by Gasteiger charge is -2.04. The van der Waals surface area contributed by atoms with Gasteiger partial charge in [0.1, 0.15) is 5.84 Å². The lowest BCUT2D eigenvalue weighted by molar-refractivity contribution is 0.316. The first-order chi connectivity index (χ1) is 7.72. The second-order valence-corrected chi connectivity index (χ2v) is 3.73. The van der Waals surface area contributed by atoms with Gasteiger partial charge in [-0.15, -0.1) is 0 Å². The topological polar surface area (TPSA) is 88.5 Å². The predicted octanol–water partition coefficient (Wildman–Crippen LogP) is 0.308. The highest BCUT2D eigenvalue weighted by atomic mass is 16.4. The number of rotatable bonds is 7. The van der Waals surface area contributed by atoms with Crippen LogP contribution in [-0.4, -0.2) is 33.9 Å². The Kier molecular flexibility index (Phi) is 5.35. The van der Waals surface area contributed by atoms with E-state index >= 15 is 0 Å². The molecule has 0 aliphatic rings. The van der Waals surface area contributed by atoms with Crippen molar-refractivity contribution >= 4 is 5.84 Å². The quantitative estimate of drug-likeness (QED) is 0.205. The fraction of sp³-hybridized carbons (Fsp3) is 0.600. The largest absolute Gasteiger partial charge is 0.409 e. The average Bonchev–Trinajstić information content (AvgIpc) is 2.69. The van der Waals surface area contributed by atoms with Gasteiger partial charge in [0.15, 0.2) is 0 Å². The Bertz CT molecular complexity index is 334. The lowest BCUT2D eigenvalue weighted by atomic mass is 10.3. The van der Waals surface area contributed by atoms with Gasteiger partial charge >= 0.3 is 0 Å². The number of nitrogens with two attached hydrogens (primary N) is 1. The molecule has 0 saturated carbocycles. The summed E-state index contributed by atoms with van der Waals surface area (Å²) in [4.78, 5) is 0. The van der Waals surface area contributed by atoms with Crippen molar-refractivity contribution in [3.8, 4) is 0 Å². The standard InChI is InChI=1S/C10H19N5O/c1-9-7-13-15(8-9)6-5-12-4-2-3-10(11)14-16/h7-8,12,16H,2-6H2,1H3,(H2,11,14). The summed E-state index contributed by atoms with van der Waals surface area (Å²) in [6.07, 6.45) is 5.34. The summed E-state index contributed by atoms with van der Waals surface area (Å²) in [5.74, 6) is 0.282. The Morgan fingerprint density at radius 2 is 2.44 bits per heavy atom. The molecule has 4 N–H and O–H groups in total. The van der Waals surface area contributed by atoms with E-state index in [1.807, 2.05) is 24.0 Å². The third-order valence-electron chi connectivity index (χ3n) is 2.19. The summed E-state index contributed by atoms with van der Waals surface area (Å²) in [7, 11) is 0. The van der Waals surface area contributed by atoms with Gasteiger partial charge in [0.05, 0.1) is 12.7 Å². The third kappa shape index (κ3) is 4.79. The van der Waals surface area contributed by atoms with E-state index in [0.29, 0.717) is 6.42 Å². The van der Waals surface area contributed by atoms with Gasteiger partial charge in [-0.3, -0.25) is 4.68 Å². The molecule has 0 bridgehead atoms. The number of hydrogen-bond donors (Lipinski definition) is 3. The zero-order chi connectivity index (χ0) is 11.8. The normalized spacial score (nSPS) is 11.9. The number of nitrogens with zero attached hydrogens (tertiary/aromatic N) is 3. The van der Waals surface area contributed by atoms with E-state index in [2.05, 4.69) is 15.6 Å². The van der Waals surface area contributed by atoms with Gasteiger partial charge in [0.2, 0.25) is 0 Å². The van der Waals surface area contributed by atoms with Crippen LogP contribution < -0.4 is 11.1 Å². The van der Waals surface area contributed by atoms with Crippen molar-refractivity contribution in [2.45, 2.75) is 26.3 Å². The summed E-state index contributed by atoms with van der Waals surface area (Å²) in [5, 5.41) is 18.7. The van der Waals surface area contributed by atoms with Gasteiger partial charge in [-0.2, -0.15) is 5.10 Å². The molecule has 90 valence electrons. The highest BCUT2D eigenvalue weighted by molar-refractivity contribution is 5.79. The average molecular weight is 225 g/mol. The van der Waals surface area contributed by atoms with Gasteiger partial charge < -0.3 is 16.3 Å². The number of amidine groups is 1. The minimum Gasteiger partial charge on any atom is -0.409 e. The van der Waals surface area contributed by atoms with E-state index < -0.39 is 0 Å². The van der Waals surface area contributed by atoms with E-state index in [-0.39, 0.29) is 5.84 Å². The van der Waals surface area contributed by atoms with Crippen molar-refractivity contribution in [1.82, 2.24) is 15.1 Å². The maximum Gasteiger partial charge on any atom is 0.139 e. The summed E-state index contributed by atoms with van der Waals surface area (Å²) in [6.45, 7) is 4.61. The van der Waals surface area contributed by atoms with E-state index in [1.54, 1.807) is 0 Å². The fourth-order valence-corrected chi connectivity index (χ4v) is 1.35. The predicted molar refractivity (Wildman–Crippen MR) is 62.5 cm³/mol. The van der Waals surface area contributed by atoms with Crippen LogP contribution in [0.1, 0.15) is 18.4 Å². The molecule has 0 fully saturated rings. The molecule has 0 saturated heterocycles. The molecule has 0 amide bonds. The Balaban J connectivity index is 2.00. The van der Waals surface area contributed by atoms with Crippen molar-refractivity contribution in [3.63, 3.8) is 0 Å². The number of aryl methyl sites for hydroxylation is 1. The first-order valence-electron chi connectivity index (χ1n) is 5.38. The Morgan fingerprint density at radius 1 is 1.62 bits per heavy atom. The molecular formula is C10H19N5O. The molecule has 1 aromatic heterocycles. The summed E-state index contributed by atoms with van der Waals surface area (Å²) in [6, 6.07) is 0. The third-order valence-corrected chi connectivity index (χ3v) is 2.19. The van der Waals surface area contributed by atoms with Crippen molar-refractivity contribution in [1.29, 1.82) is 0 Å². The second kappa shape index (κ2) is 6.84. The van der Waals surface area contributed by atoms with Crippen molar-refractivity contribution in [2.75, 3.05) is 13.1 Å². The van der Waals surface area contributed by atoms with Crippen LogP contribution in [0, 0.1) is 6.92 Å². The second-order valence-electron chi connectivity index (χ2n) is 3.73. The van der Waals surface area contributed by atoms with E-state index in [0.717, 1.165) is 26.1 Å². The van der Waals surface area contributed by atoms with E-state index in [1.165, 1.54) is 5.56 Å². The molecule has 0 spiro atoms. The molecule has 0 aliphatic heterocycles. The molecule has 1 rings (SSSR count). The maximum atomic E-state index is 8.32. The van der Waals surface area contributed by atoms with Crippen LogP contribution in [0.2, 0.25) is 0 Å². The zero-order valence-corrected chi connectivity index (χ0v) is 9.56. The molecule has 0 aromatic carbocycles. The Labute approximate surface area is 95.1 Å². The van der Waals surface area contributed by atoms with Crippen LogP contribution >= 0.6 is 0 Å². The first kappa shape index (κ1) is 12.5. The number of nitrogens with one attached hydrogen (secondary N) is 1. The van der Waals surface area contributed by atoms with Crippen LogP contribution in [0.4, 0.5) is 0 Å². The van der Waals surface area contributed by atoms with Gasteiger partial charge in [-0.05, 0) is 25.5 Å². The molecule has 0 unspecified atom stereocenters. The minimum atomic E-state index is 0.282. The van der Waals surface area contributed by atoms with E-state index in [9.17, 15) is 0 Å². The van der Waals surface area contributed by atoms with Crippen LogP contribution in [-0.2, 0) is 6.54 Å².